The zero-order valence-electron chi connectivity index (χ0n) is 6.95. The Morgan fingerprint density at radius 3 is 2.42 bits per heavy atom. The Bertz CT molecular complexity index is 294. The van der Waals surface area contributed by atoms with Gasteiger partial charge < -0.3 is 5.11 Å². The van der Waals surface area contributed by atoms with E-state index in [1.54, 1.807) is 32.0 Å². The van der Waals surface area contributed by atoms with E-state index in [9.17, 15) is 10.3 Å². The molecule has 1 heterocycles. The van der Waals surface area contributed by atoms with Crippen molar-refractivity contribution in [2.24, 2.45) is 0 Å². The molecular formula is C8H11BrNO2+. The minimum atomic E-state index is -1.04. The first kappa shape index (κ1) is 9.48. The predicted molar refractivity (Wildman–Crippen MR) is 46.8 cm³/mol. The number of rotatable bonds is 1. The Morgan fingerprint density at radius 2 is 2.00 bits per heavy atom. The molecule has 0 aliphatic rings. The van der Waals surface area contributed by atoms with Gasteiger partial charge in [0.15, 0.2) is 0 Å². The van der Waals surface area contributed by atoms with Gasteiger partial charge in [-0.15, -0.1) is 0 Å². The lowest BCUT2D eigenvalue weighted by atomic mass is 10.1. The highest BCUT2D eigenvalue weighted by Gasteiger charge is 2.29. The predicted octanol–water partition coefficient (Wildman–Crippen LogP) is 1.20. The second kappa shape index (κ2) is 3.03. The third kappa shape index (κ3) is 1.76. The molecule has 0 spiro atoms. The molecule has 0 radical (unpaired) electrons. The van der Waals surface area contributed by atoms with E-state index in [1.807, 2.05) is 0 Å². The molecule has 0 bridgehead atoms. The third-order valence-corrected chi connectivity index (χ3v) is 2.15. The zero-order valence-corrected chi connectivity index (χ0v) is 8.54. The standard InChI is InChI=1S/C8H11BrNO2/c1-8(2,11)6-4-3-5-7(9)10(6)12/h3-5,11-12H,1-2H3/q+1. The van der Waals surface area contributed by atoms with Gasteiger partial charge in [0.05, 0.1) is 0 Å². The van der Waals surface area contributed by atoms with Gasteiger partial charge >= 0.3 is 0 Å². The second-order valence-corrected chi connectivity index (χ2v) is 3.92. The fraction of sp³-hybridized carbons (Fsp3) is 0.375. The number of hydrogen-bond acceptors (Lipinski definition) is 2. The fourth-order valence-corrected chi connectivity index (χ4v) is 1.28. The van der Waals surface area contributed by atoms with E-state index in [4.69, 9.17) is 0 Å². The number of aromatic nitrogens is 1. The monoisotopic (exact) mass is 232 g/mol. The Hall–Kier alpha value is -0.610. The van der Waals surface area contributed by atoms with Crippen LogP contribution in [0.4, 0.5) is 0 Å². The molecule has 1 aromatic heterocycles. The number of nitrogens with zero attached hydrogens (tertiary/aromatic N) is 1. The third-order valence-electron chi connectivity index (χ3n) is 1.55. The molecule has 0 aliphatic carbocycles. The molecular weight excluding hydrogens is 222 g/mol. The summed E-state index contributed by atoms with van der Waals surface area (Å²) >= 11 is 3.14. The van der Waals surface area contributed by atoms with Gasteiger partial charge in [0.2, 0.25) is 0 Å². The van der Waals surface area contributed by atoms with Crippen LogP contribution in [0.5, 0.6) is 0 Å². The van der Waals surface area contributed by atoms with Crippen molar-refractivity contribution in [2.75, 3.05) is 0 Å². The Balaban J connectivity index is 3.26. The van der Waals surface area contributed by atoms with Crippen LogP contribution in [0.15, 0.2) is 22.8 Å². The quantitative estimate of drug-likeness (QED) is 0.435. The van der Waals surface area contributed by atoms with Crippen molar-refractivity contribution in [3.63, 3.8) is 0 Å². The van der Waals surface area contributed by atoms with Gasteiger partial charge in [-0.25, -0.2) is 0 Å². The topological polar surface area (TPSA) is 44.3 Å². The smallest absolute Gasteiger partial charge is 0.299 e. The van der Waals surface area contributed by atoms with Gasteiger partial charge in [-0.05, 0) is 19.9 Å². The van der Waals surface area contributed by atoms with Gasteiger partial charge in [0.1, 0.15) is 5.60 Å². The van der Waals surface area contributed by atoms with Crippen LogP contribution in [0.25, 0.3) is 0 Å². The lowest BCUT2D eigenvalue weighted by Crippen LogP contribution is -2.42. The average molecular weight is 233 g/mol. The Labute approximate surface area is 79.4 Å². The minimum Gasteiger partial charge on any atom is -0.379 e. The Kier molecular flexibility index (Phi) is 2.39. The fourth-order valence-electron chi connectivity index (χ4n) is 0.938. The molecule has 1 aromatic rings. The summed E-state index contributed by atoms with van der Waals surface area (Å²) in [6.45, 7) is 3.23. The van der Waals surface area contributed by atoms with Crippen LogP contribution in [0.2, 0.25) is 0 Å². The summed E-state index contributed by atoms with van der Waals surface area (Å²) in [7, 11) is 0. The molecule has 0 amide bonds. The van der Waals surface area contributed by atoms with Crippen molar-refractivity contribution in [2.45, 2.75) is 19.4 Å². The first-order chi connectivity index (χ1) is 5.43. The van der Waals surface area contributed by atoms with E-state index in [-0.39, 0.29) is 0 Å². The van der Waals surface area contributed by atoms with E-state index < -0.39 is 5.60 Å². The van der Waals surface area contributed by atoms with Gasteiger partial charge in [0.25, 0.3) is 10.3 Å². The minimum absolute atomic E-state index is 0.442. The maximum absolute atomic E-state index is 9.59. The summed E-state index contributed by atoms with van der Waals surface area (Å²) in [5.41, 5.74) is -0.602. The van der Waals surface area contributed by atoms with Crippen LogP contribution in [0, 0.1) is 0 Å². The molecule has 0 fully saturated rings. The Morgan fingerprint density at radius 1 is 1.42 bits per heavy atom. The number of aliphatic hydroxyl groups is 1. The normalized spacial score (nSPS) is 11.7. The van der Waals surface area contributed by atoms with Crippen molar-refractivity contribution in [3.05, 3.63) is 28.5 Å². The second-order valence-electron chi connectivity index (χ2n) is 3.10. The maximum Gasteiger partial charge on any atom is 0.299 e. The molecule has 1 rings (SSSR count). The van der Waals surface area contributed by atoms with Crippen LogP contribution < -0.4 is 4.73 Å². The summed E-state index contributed by atoms with van der Waals surface area (Å²) in [6.07, 6.45) is 0. The molecule has 0 atom stereocenters. The molecule has 0 aromatic carbocycles. The van der Waals surface area contributed by atoms with E-state index in [0.29, 0.717) is 10.3 Å². The van der Waals surface area contributed by atoms with Crippen LogP contribution >= 0.6 is 15.9 Å². The van der Waals surface area contributed by atoms with Gasteiger partial charge in [0, 0.05) is 32.8 Å². The van der Waals surface area contributed by atoms with Crippen LogP contribution in [-0.2, 0) is 5.60 Å². The molecule has 3 nitrogen and oxygen atoms in total. The van der Waals surface area contributed by atoms with E-state index in [1.165, 1.54) is 0 Å². The van der Waals surface area contributed by atoms with E-state index in [0.717, 1.165) is 4.73 Å². The molecule has 0 unspecified atom stereocenters. The maximum atomic E-state index is 9.59. The molecule has 0 saturated heterocycles. The van der Waals surface area contributed by atoms with Crippen molar-refractivity contribution in [1.82, 2.24) is 0 Å². The van der Waals surface area contributed by atoms with Crippen LogP contribution in [0.1, 0.15) is 19.5 Å². The number of halogens is 1. The largest absolute Gasteiger partial charge is 0.379 e. The lowest BCUT2D eigenvalue weighted by molar-refractivity contribution is -0.921. The van der Waals surface area contributed by atoms with E-state index >= 15 is 0 Å². The molecule has 66 valence electrons. The molecule has 0 saturated carbocycles. The average Bonchev–Trinajstić information content (AvgIpc) is 1.92. The highest BCUT2D eigenvalue weighted by molar-refractivity contribution is 9.10. The van der Waals surface area contributed by atoms with E-state index in [2.05, 4.69) is 15.9 Å². The van der Waals surface area contributed by atoms with Gasteiger partial charge in [-0.3, -0.25) is 5.21 Å². The van der Waals surface area contributed by atoms with Crippen molar-refractivity contribution in [3.8, 4) is 0 Å². The molecule has 0 aliphatic heterocycles. The van der Waals surface area contributed by atoms with Crippen molar-refractivity contribution < 1.29 is 15.0 Å². The first-order valence-corrected chi connectivity index (χ1v) is 4.35. The SMILES string of the molecule is CC(C)(O)c1cccc(Br)[n+]1O. The molecule has 12 heavy (non-hydrogen) atoms. The first-order valence-electron chi connectivity index (χ1n) is 3.55. The van der Waals surface area contributed by atoms with Gasteiger partial charge in [-0.1, -0.05) is 0 Å². The summed E-state index contributed by atoms with van der Waals surface area (Å²) in [6, 6.07) is 5.10. The van der Waals surface area contributed by atoms with Crippen LogP contribution in [0.3, 0.4) is 0 Å². The highest BCUT2D eigenvalue weighted by atomic mass is 79.9. The number of pyridine rings is 1. The molecule has 4 heteroatoms. The zero-order chi connectivity index (χ0) is 9.35. The van der Waals surface area contributed by atoms with Crippen molar-refractivity contribution in [1.29, 1.82) is 0 Å². The summed E-state index contributed by atoms with van der Waals surface area (Å²) in [5, 5.41) is 19.0. The van der Waals surface area contributed by atoms with Crippen molar-refractivity contribution >= 4 is 15.9 Å². The lowest BCUT2D eigenvalue weighted by Gasteiger charge is -2.11. The summed E-state index contributed by atoms with van der Waals surface area (Å²) in [4.78, 5) is 0. The molecule has 2 N–H and O–H groups in total. The number of hydrogen-bond donors (Lipinski definition) is 2. The summed E-state index contributed by atoms with van der Waals surface area (Å²) < 4.78 is 1.43. The highest BCUT2D eigenvalue weighted by Crippen LogP contribution is 2.16. The summed E-state index contributed by atoms with van der Waals surface area (Å²) in [5.74, 6) is 0. The van der Waals surface area contributed by atoms with Gasteiger partial charge in [-0.2, -0.15) is 0 Å². The van der Waals surface area contributed by atoms with Crippen LogP contribution in [-0.4, -0.2) is 10.3 Å².